The molecule has 10 nitrogen and oxygen atoms in total. The molecule has 0 aliphatic carbocycles. The predicted octanol–water partition coefficient (Wildman–Crippen LogP) is 1.44. The van der Waals surface area contributed by atoms with Gasteiger partial charge in [0, 0.05) is 17.5 Å². The number of aryl methyl sites for hydroxylation is 1. The minimum absolute atomic E-state index is 0. The van der Waals surface area contributed by atoms with Gasteiger partial charge in [0.2, 0.25) is 5.78 Å². The van der Waals surface area contributed by atoms with E-state index < -0.39 is 6.41 Å². The number of aliphatic imine (C=N–C) groups is 1. The second-order valence-electron chi connectivity index (χ2n) is 10.4. The maximum absolute atomic E-state index is 14.1. The van der Waals surface area contributed by atoms with Crippen molar-refractivity contribution in [2.75, 3.05) is 0 Å². The van der Waals surface area contributed by atoms with E-state index >= 15 is 0 Å². The third-order valence-electron chi connectivity index (χ3n) is 7.08. The molecule has 1 aliphatic rings. The first-order chi connectivity index (χ1) is 20.4. The molecule has 43 heavy (non-hydrogen) atoms. The van der Waals surface area contributed by atoms with Crippen LogP contribution in [0.3, 0.4) is 0 Å². The summed E-state index contributed by atoms with van der Waals surface area (Å²) in [7, 11) is 0. The van der Waals surface area contributed by atoms with Crippen molar-refractivity contribution in [2.24, 2.45) is 4.99 Å². The number of rotatable bonds is 9. The van der Waals surface area contributed by atoms with Gasteiger partial charge in [-0.1, -0.05) is 61.9 Å². The van der Waals surface area contributed by atoms with Crippen LogP contribution < -0.4 is 67.2 Å². The Morgan fingerprint density at radius 3 is 2.40 bits per heavy atom. The van der Waals surface area contributed by atoms with Crippen LogP contribution in [-0.2, 0) is 17.7 Å². The number of ether oxygens (including phenoxy) is 1. The van der Waals surface area contributed by atoms with E-state index in [1.165, 1.54) is 6.33 Å². The summed E-state index contributed by atoms with van der Waals surface area (Å²) >= 11 is 0. The molecule has 3 aromatic carbocycles. The number of fused-ring (bicyclic) bond motifs is 1. The topological polar surface area (TPSA) is 115 Å². The Kier molecular flexibility index (Phi) is 9.92. The maximum Gasteiger partial charge on any atom is 1.00 e. The van der Waals surface area contributed by atoms with Crippen LogP contribution >= 0.6 is 0 Å². The third-order valence-corrected chi connectivity index (χ3v) is 7.08. The van der Waals surface area contributed by atoms with Gasteiger partial charge in [-0.3, -0.25) is 4.79 Å². The van der Waals surface area contributed by atoms with Gasteiger partial charge < -0.3 is 9.84 Å². The van der Waals surface area contributed by atoms with Gasteiger partial charge in [-0.25, -0.2) is 24.4 Å². The third kappa shape index (κ3) is 6.53. The molecule has 0 bridgehead atoms. The summed E-state index contributed by atoms with van der Waals surface area (Å²) in [6.07, 6.45) is 2.31. The van der Waals surface area contributed by atoms with E-state index in [9.17, 15) is 9.90 Å². The molecule has 0 saturated carbocycles. The Labute approximate surface area is 291 Å². The van der Waals surface area contributed by atoms with Gasteiger partial charge in [0.15, 0.2) is 5.84 Å². The van der Waals surface area contributed by atoms with E-state index in [0.29, 0.717) is 35.7 Å². The van der Waals surface area contributed by atoms with Crippen molar-refractivity contribution in [3.05, 3.63) is 112 Å². The zero-order valence-electron chi connectivity index (χ0n) is 24.7. The van der Waals surface area contributed by atoms with Gasteiger partial charge in [0.05, 0.1) is 17.5 Å². The first-order valence-corrected chi connectivity index (χ1v) is 14.0. The minimum Gasteiger partial charge on any atom is -0.491 e. The Morgan fingerprint density at radius 2 is 1.74 bits per heavy atom. The summed E-state index contributed by atoms with van der Waals surface area (Å²) in [5, 5.41) is 14.2. The van der Waals surface area contributed by atoms with Crippen molar-refractivity contribution in [3.63, 3.8) is 0 Å². The summed E-state index contributed by atoms with van der Waals surface area (Å²) in [6, 6.07) is 23.4. The number of amidine groups is 1. The summed E-state index contributed by atoms with van der Waals surface area (Å²) in [5.41, 5.74) is 8.54. The second-order valence-corrected chi connectivity index (χ2v) is 10.4. The molecule has 11 heteroatoms. The zero-order chi connectivity index (χ0) is 29.2. The van der Waals surface area contributed by atoms with Crippen molar-refractivity contribution in [1.82, 2.24) is 24.6 Å². The molecular weight excluding hydrogens is 571 g/mol. The fourth-order valence-electron chi connectivity index (χ4n) is 5.25. The number of aliphatic hydroxyl groups excluding tert-OH is 1. The molecule has 0 radical (unpaired) electrons. The largest absolute Gasteiger partial charge is 1.00 e. The molecule has 3 heterocycles. The van der Waals surface area contributed by atoms with Crippen molar-refractivity contribution < 1.29 is 66.1 Å². The van der Waals surface area contributed by atoms with Gasteiger partial charge in [0.1, 0.15) is 12.1 Å². The van der Waals surface area contributed by atoms with Crippen LogP contribution in [0.15, 0.2) is 88.9 Å². The first-order valence-electron chi connectivity index (χ1n) is 14.0. The van der Waals surface area contributed by atoms with Crippen LogP contribution in [0.25, 0.3) is 22.6 Å². The van der Waals surface area contributed by atoms with E-state index in [-0.39, 0.29) is 63.0 Å². The molecule has 0 amide bonds. The smallest absolute Gasteiger partial charge is 0.491 e. The van der Waals surface area contributed by atoms with E-state index in [1.807, 2.05) is 86.6 Å². The molecule has 0 spiro atoms. The van der Waals surface area contributed by atoms with Crippen LogP contribution in [0.1, 0.15) is 49.6 Å². The normalized spacial score (nSPS) is 14.4. The second kappa shape index (κ2) is 13.6. The number of hydrogen-bond acceptors (Lipinski definition) is 8. The quantitative estimate of drug-likeness (QED) is 0.245. The Bertz CT molecular complexity index is 1810. The first kappa shape index (κ1) is 31.3. The predicted molar refractivity (Wildman–Crippen MR) is 160 cm³/mol. The van der Waals surface area contributed by atoms with Crippen molar-refractivity contribution >= 4 is 11.6 Å². The monoisotopic (exact) mass is 603 g/mol. The van der Waals surface area contributed by atoms with E-state index in [4.69, 9.17) is 9.57 Å². The van der Waals surface area contributed by atoms with Crippen LogP contribution in [0.2, 0.25) is 0 Å². The molecule has 1 aliphatic heterocycles. The number of nitrogens with zero attached hydrogens (tertiary/aromatic N) is 5. The average Bonchev–Trinajstić information content (AvgIpc) is 3.65. The Morgan fingerprint density at radius 1 is 1.02 bits per heavy atom. The molecular formula is C32H32KN6O4+. The fraction of sp³-hybridized carbons (Fsp3) is 0.250. The van der Waals surface area contributed by atoms with Gasteiger partial charge in [0.25, 0.3) is 12.0 Å². The van der Waals surface area contributed by atoms with Crippen LogP contribution in [0.5, 0.6) is 5.75 Å². The molecule has 0 fully saturated rings. The fourth-order valence-corrected chi connectivity index (χ4v) is 5.25. The minimum atomic E-state index is -1.23. The molecule has 0 saturated heterocycles. The van der Waals surface area contributed by atoms with Gasteiger partial charge >= 0.3 is 51.4 Å². The molecule has 1 atom stereocenters. The molecule has 2 aromatic heterocycles. The van der Waals surface area contributed by atoms with Gasteiger partial charge in [-0.2, -0.15) is 10.1 Å². The van der Waals surface area contributed by atoms with Crippen molar-refractivity contribution in [1.29, 1.82) is 0 Å². The van der Waals surface area contributed by atoms with Crippen LogP contribution in [0.4, 0.5) is 0 Å². The summed E-state index contributed by atoms with van der Waals surface area (Å²) < 4.78 is 9.21. The van der Waals surface area contributed by atoms with Crippen molar-refractivity contribution in [2.45, 2.75) is 52.6 Å². The van der Waals surface area contributed by atoms with Crippen molar-refractivity contribution in [3.8, 4) is 22.6 Å². The number of benzene rings is 3. The Balaban J connectivity index is 0.00000368. The standard InChI is InChI=1S/C32H32N6O4.K/c1-4-7-28-27(30(39)37(31-33-19-34-38(28)31)23-14-16-24(17-15-23)41-20(2)3)18-21-10-12-22(13-11-21)25-8-5-6-9-26(25)29-35-32(40)42-36-29;/h5-6,8-17,19-20,32,40H,4,7,18H2,1-3H3,(H,35,36);/q;+1. The van der Waals surface area contributed by atoms with E-state index in [1.54, 1.807) is 9.08 Å². The van der Waals surface area contributed by atoms with Crippen LogP contribution in [0, 0.1) is 0 Å². The number of nitrogens with one attached hydrogen (secondary N) is 1. The molecule has 2 N–H and O–H groups in total. The molecule has 1 unspecified atom stereocenters. The summed E-state index contributed by atoms with van der Waals surface area (Å²) in [4.78, 5) is 27.7. The number of aromatic nitrogens is 4. The number of hydroxylamine groups is 1. The summed E-state index contributed by atoms with van der Waals surface area (Å²) in [5.74, 6) is 1.69. The zero-order valence-corrected chi connectivity index (χ0v) is 27.8. The molecule has 5 aromatic rings. The maximum atomic E-state index is 14.1. The van der Waals surface area contributed by atoms with Gasteiger partial charge in [-0.05, 0) is 61.2 Å². The SMILES string of the molecule is CCCc1c(Cc2ccc(-c3ccccc3C3=NC(O)ON3)cc2)c(=O)n(-c2ccc(OC(C)C)cc2)c2ncnn12.[K+]. The van der Waals surface area contributed by atoms with E-state index in [2.05, 4.69) is 27.5 Å². The number of aliphatic hydroxyl groups is 1. The van der Waals surface area contributed by atoms with Crippen LogP contribution in [-0.4, -0.2) is 42.6 Å². The average molecular weight is 604 g/mol. The Hall–Kier alpha value is -3.16. The van der Waals surface area contributed by atoms with Gasteiger partial charge in [-0.15, -0.1) is 0 Å². The number of hydrogen-bond donors (Lipinski definition) is 2. The molecule has 6 rings (SSSR count). The summed E-state index contributed by atoms with van der Waals surface area (Å²) in [6.45, 7) is 6.04. The van der Waals surface area contributed by atoms with E-state index in [0.717, 1.165) is 40.1 Å². The molecule has 214 valence electrons.